The third kappa shape index (κ3) is 4.77. The molecule has 1 fully saturated rings. The van der Waals surface area contributed by atoms with Crippen LogP contribution in [0.1, 0.15) is 36.6 Å². The lowest BCUT2D eigenvalue weighted by atomic mass is 9.94. The summed E-state index contributed by atoms with van der Waals surface area (Å²) in [6.45, 7) is 3.98. The van der Waals surface area contributed by atoms with E-state index in [-0.39, 0.29) is 24.0 Å². The van der Waals surface area contributed by atoms with Crippen LogP contribution >= 0.6 is 0 Å². The van der Waals surface area contributed by atoms with Crippen LogP contribution in [0.2, 0.25) is 0 Å². The lowest BCUT2D eigenvalue weighted by Gasteiger charge is -2.26. The predicted molar refractivity (Wildman–Crippen MR) is 136 cm³/mol. The van der Waals surface area contributed by atoms with Gasteiger partial charge in [-0.15, -0.1) is 0 Å². The molecular formula is C29H29NO6. The van der Waals surface area contributed by atoms with Gasteiger partial charge >= 0.3 is 0 Å². The van der Waals surface area contributed by atoms with Crippen LogP contribution in [0.25, 0.3) is 5.76 Å². The van der Waals surface area contributed by atoms with Crippen molar-refractivity contribution in [2.75, 3.05) is 14.2 Å². The fraction of sp³-hybridized carbons (Fsp3) is 0.241. The first kappa shape index (κ1) is 24.9. The minimum Gasteiger partial charge on any atom is -0.507 e. The molecule has 3 aromatic carbocycles. The van der Waals surface area contributed by atoms with Crippen LogP contribution in [-0.2, 0) is 16.1 Å². The summed E-state index contributed by atoms with van der Waals surface area (Å²) in [5.74, 6) is -0.0967. The van der Waals surface area contributed by atoms with E-state index in [0.717, 1.165) is 5.56 Å². The Morgan fingerprint density at radius 3 is 2.14 bits per heavy atom. The number of benzene rings is 3. The second-order valence-corrected chi connectivity index (χ2v) is 8.67. The Labute approximate surface area is 210 Å². The summed E-state index contributed by atoms with van der Waals surface area (Å²) >= 11 is 0. The normalized spacial score (nSPS) is 16.9. The Bertz CT molecular complexity index is 1300. The summed E-state index contributed by atoms with van der Waals surface area (Å²) in [5.41, 5.74) is 1.73. The molecule has 0 saturated carbocycles. The SMILES string of the molecule is COc1ccccc1CN1C(=O)C(=O)/C(=C(\O)c2ccccc2OC)C1c1ccc(OC(C)C)cc1. The number of carbonyl (C=O) groups is 2. The van der Waals surface area contributed by atoms with Gasteiger partial charge in [-0.25, -0.2) is 0 Å². The van der Waals surface area contributed by atoms with E-state index < -0.39 is 17.7 Å². The number of hydrogen-bond donors (Lipinski definition) is 1. The number of Topliss-reactive ketones (excluding diaryl/α,β-unsaturated/α-hetero) is 1. The van der Waals surface area contributed by atoms with Gasteiger partial charge in [-0.1, -0.05) is 42.5 Å². The Morgan fingerprint density at radius 2 is 1.50 bits per heavy atom. The highest BCUT2D eigenvalue weighted by molar-refractivity contribution is 6.46. The minimum atomic E-state index is -0.826. The van der Waals surface area contributed by atoms with Gasteiger partial charge in [0.25, 0.3) is 11.7 Å². The van der Waals surface area contributed by atoms with E-state index >= 15 is 0 Å². The minimum absolute atomic E-state index is 0.00224. The number of aliphatic hydroxyl groups excluding tert-OH is 1. The van der Waals surface area contributed by atoms with E-state index in [1.54, 1.807) is 61.7 Å². The van der Waals surface area contributed by atoms with Crippen LogP contribution in [0.15, 0.2) is 78.4 Å². The number of para-hydroxylation sites is 2. The van der Waals surface area contributed by atoms with Crippen molar-refractivity contribution in [1.82, 2.24) is 4.90 Å². The Hall–Kier alpha value is -4.26. The lowest BCUT2D eigenvalue weighted by Crippen LogP contribution is -2.29. The van der Waals surface area contributed by atoms with E-state index in [1.807, 2.05) is 32.0 Å². The number of ketones is 1. The molecule has 0 aromatic heterocycles. The summed E-state index contributed by atoms with van der Waals surface area (Å²) < 4.78 is 16.6. The Balaban J connectivity index is 1.86. The molecule has 1 N–H and O–H groups in total. The zero-order valence-corrected chi connectivity index (χ0v) is 20.7. The maximum atomic E-state index is 13.4. The van der Waals surface area contributed by atoms with Crippen molar-refractivity contribution < 1.29 is 28.9 Å². The average molecular weight is 488 g/mol. The number of rotatable bonds is 8. The monoisotopic (exact) mass is 487 g/mol. The van der Waals surface area contributed by atoms with Gasteiger partial charge in [-0.05, 0) is 49.7 Å². The van der Waals surface area contributed by atoms with E-state index in [4.69, 9.17) is 14.2 Å². The highest BCUT2D eigenvalue weighted by Crippen LogP contribution is 2.42. The van der Waals surface area contributed by atoms with Gasteiger partial charge in [-0.2, -0.15) is 0 Å². The quantitative estimate of drug-likeness (QED) is 0.270. The van der Waals surface area contributed by atoms with E-state index in [2.05, 4.69) is 0 Å². The molecular weight excluding hydrogens is 458 g/mol. The lowest BCUT2D eigenvalue weighted by molar-refractivity contribution is -0.140. The third-order valence-corrected chi connectivity index (χ3v) is 6.00. The molecule has 1 heterocycles. The molecule has 1 unspecified atom stereocenters. The largest absolute Gasteiger partial charge is 0.507 e. The van der Waals surface area contributed by atoms with Crippen LogP contribution < -0.4 is 14.2 Å². The molecule has 1 saturated heterocycles. The van der Waals surface area contributed by atoms with Crippen molar-refractivity contribution in [2.45, 2.75) is 32.5 Å². The van der Waals surface area contributed by atoms with E-state index in [9.17, 15) is 14.7 Å². The standard InChI is InChI=1S/C29H29NO6/c1-18(2)36-21-15-13-19(14-16-21)26-25(27(31)22-10-6-8-12-24(22)35-4)28(32)29(33)30(26)17-20-9-5-7-11-23(20)34-3/h5-16,18,26,31H,17H2,1-4H3/b27-25-. The van der Waals surface area contributed by atoms with Crippen molar-refractivity contribution in [2.24, 2.45) is 0 Å². The fourth-order valence-corrected chi connectivity index (χ4v) is 4.39. The van der Waals surface area contributed by atoms with Crippen LogP contribution in [0.5, 0.6) is 17.2 Å². The molecule has 7 heteroatoms. The number of carbonyl (C=O) groups excluding carboxylic acids is 2. The second-order valence-electron chi connectivity index (χ2n) is 8.67. The van der Waals surface area contributed by atoms with E-state index in [1.165, 1.54) is 12.0 Å². The van der Waals surface area contributed by atoms with Gasteiger partial charge in [0.15, 0.2) is 0 Å². The number of likely N-dealkylation sites (tertiary alicyclic amines) is 1. The third-order valence-electron chi connectivity index (χ3n) is 6.00. The number of nitrogens with zero attached hydrogens (tertiary/aromatic N) is 1. The van der Waals surface area contributed by atoms with Gasteiger partial charge in [-0.3, -0.25) is 9.59 Å². The zero-order valence-electron chi connectivity index (χ0n) is 20.7. The van der Waals surface area contributed by atoms with Gasteiger partial charge < -0.3 is 24.2 Å². The number of aliphatic hydroxyl groups is 1. The molecule has 4 rings (SSSR count). The zero-order chi connectivity index (χ0) is 25.8. The first-order chi connectivity index (χ1) is 17.3. The van der Waals surface area contributed by atoms with Crippen molar-refractivity contribution in [3.05, 3.63) is 95.1 Å². The topological polar surface area (TPSA) is 85.3 Å². The molecule has 7 nitrogen and oxygen atoms in total. The summed E-state index contributed by atoms with van der Waals surface area (Å²) in [6.07, 6.45) is -0.00224. The van der Waals surface area contributed by atoms with E-state index in [0.29, 0.717) is 28.4 Å². The van der Waals surface area contributed by atoms with Crippen molar-refractivity contribution in [1.29, 1.82) is 0 Å². The molecule has 1 amide bonds. The summed E-state index contributed by atoms with van der Waals surface area (Å²) in [4.78, 5) is 28.2. The molecule has 1 atom stereocenters. The van der Waals surface area contributed by atoms with Crippen molar-refractivity contribution in [3.8, 4) is 17.2 Å². The summed E-state index contributed by atoms with van der Waals surface area (Å²) in [7, 11) is 3.04. The number of amides is 1. The van der Waals surface area contributed by atoms with Crippen LogP contribution in [-0.4, -0.2) is 42.0 Å². The number of methoxy groups -OCH3 is 2. The molecule has 0 bridgehead atoms. The molecule has 1 aliphatic rings. The fourth-order valence-electron chi connectivity index (χ4n) is 4.39. The number of hydrogen-bond acceptors (Lipinski definition) is 6. The Morgan fingerprint density at radius 1 is 0.889 bits per heavy atom. The molecule has 0 spiro atoms. The van der Waals surface area contributed by atoms with Crippen LogP contribution in [0.4, 0.5) is 0 Å². The second kappa shape index (κ2) is 10.6. The molecule has 3 aromatic rings. The number of ether oxygens (including phenoxy) is 3. The highest BCUT2D eigenvalue weighted by atomic mass is 16.5. The van der Waals surface area contributed by atoms with Gasteiger partial charge in [0.2, 0.25) is 0 Å². The predicted octanol–water partition coefficient (Wildman–Crippen LogP) is 5.11. The van der Waals surface area contributed by atoms with Gasteiger partial charge in [0.05, 0.1) is 44.0 Å². The van der Waals surface area contributed by atoms with Crippen LogP contribution in [0.3, 0.4) is 0 Å². The van der Waals surface area contributed by atoms with Crippen molar-refractivity contribution >= 4 is 17.4 Å². The first-order valence-corrected chi connectivity index (χ1v) is 11.7. The molecule has 36 heavy (non-hydrogen) atoms. The van der Waals surface area contributed by atoms with Gasteiger partial charge in [0, 0.05) is 5.56 Å². The maximum absolute atomic E-state index is 13.4. The summed E-state index contributed by atoms with van der Waals surface area (Å²) in [6, 6.07) is 20.5. The molecule has 186 valence electrons. The average Bonchev–Trinajstić information content (AvgIpc) is 3.13. The first-order valence-electron chi connectivity index (χ1n) is 11.7. The Kier molecular flexibility index (Phi) is 7.29. The maximum Gasteiger partial charge on any atom is 0.295 e. The van der Waals surface area contributed by atoms with Crippen LogP contribution in [0, 0.1) is 0 Å². The molecule has 0 aliphatic carbocycles. The smallest absolute Gasteiger partial charge is 0.295 e. The van der Waals surface area contributed by atoms with Gasteiger partial charge in [0.1, 0.15) is 23.0 Å². The molecule has 1 aliphatic heterocycles. The molecule has 0 radical (unpaired) electrons. The highest BCUT2D eigenvalue weighted by Gasteiger charge is 2.46. The van der Waals surface area contributed by atoms with Crippen molar-refractivity contribution in [3.63, 3.8) is 0 Å². The summed E-state index contributed by atoms with van der Waals surface area (Å²) in [5, 5.41) is 11.4.